The number of hydrogen-bond acceptors (Lipinski definition) is 4. The highest BCUT2D eigenvalue weighted by Crippen LogP contribution is 2.48. The molecule has 1 spiro atoms. The van der Waals surface area contributed by atoms with Gasteiger partial charge in [0.25, 0.3) is 0 Å². The Labute approximate surface area is 197 Å². The van der Waals surface area contributed by atoms with Gasteiger partial charge in [-0.15, -0.1) is 0 Å². The Morgan fingerprint density at radius 3 is 2.38 bits per heavy atom. The first-order chi connectivity index (χ1) is 15.2. The molecule has 7 heteroatoms. The maximum absolute atomic E-state index is 12.9. The zero-order chi connectivity index (χ0) is 22.9. The van der Waals surface area contributed by atoms with Gasteiger partial charge in [0, 0.05) is 29.5 Å². The topological polar surface area (TPSA) is 59.1 Å². The van der Waals surface area contributed by atoms with Crippen LogP contribution in [0.5, 0.6) is 0 Å². The molecule has 0 N–H and O–H groups in total. The molecule has 2 aromatic carbocycles. The fourth-order valence-electron chi connectivity index (χ4n) is 4.48. The van der Waals surface area contributed by atoms with E-state index in [-0.39, 0.29) is 24.2 Å². The molecule has 32 heavy (non-hydrogen) atoms. The highest BCUT2D eigenvalue weighted by molar-refractivity contribution is 9.10. The number of anilines is 1. The summed E-state index contributed by atoms with van der Waals surface area (Å²) >= 11 is 3.58. The van der Waals surface area contributed by atoms with Gasteiger partial charge in [0.2, 0.25) is 0 Å². The van der Waals surface area contributed by atoms with Crippen LogP contribution in [0.4, 0.5) is 15.3 Å². The van der Waals surface area contributed by atoms with Crippen molar-refractivity contribution >= 4 is 33.8 Å². The number of carbonyl (C=O) groups excluding carboxylic acids is 2. The summed E-state index contributed by atoms with van der Waals surface area (Å²) in [5, 5.41) is 0. The molecule has 6 nitrogen and oxygen atoms in total. The van der Waals surface area contributed by atoms with Crippen LogP contribution in [0, 0.1) is 0 Å². The van der Waals surface area contributed by atoms with Gasteiger partial charge in [-0.2, -0.15) is 0 Å². The molecule has 2 amide bonds. The first kappa shape index (κ1) is 22.6. The van der Waals surface area contributed by atoms with Crippen LogP contribution in [0.2, 0.25) is 0 Å². The predicted octanol–water partition coefficient (Wildman–Crippen LogP) is 5.87. The summed E-state index contributed by atoms with van der Waals surface area (Å²) < 4.78 is 12.2. The summed E-state index contributed by atoms with van der Waals surface area (Å²) in [5.41, 5.74) is 2.23. The predicted molar refractivity (Wildman–Crippen MR) is 127 cm³/mol. The Balaban J connectivity index is 1.46. The van der Waals surface area contributed by atoms with Crippen LogP contribution >= 0.6 is 15.9 Å². The number of ether oxygens (including phenoxy) is 2. The molecule has 0 bridgehead atoms. The molecule has 0 radical (unpaired) electrons. The Bertz CT molecular complexity index is 995. The zero-order valence-corrected chi connectivity index (χ0v) is 20.4. The molecular formula is C25H29BrN2O4. The van der Waals surface area contributed by atoms with E-state index >= 15 is 0 Å². The molecule has 2 heterocycles. The van der Waals surface area contributed by atoms with E-state index < -0.39 is 5.60 Å². The smallest absolute Gasteiger partial charge is 0.414 e. The fourth-order valence-corrected chi connectivity index (χ4v) is 4.84. The number of halogens is 1. The first-order valence-electron chi connectivity index (χ1n) is 10.9. The molecule has 0 unspecified atom stereocenters. The minimum atomic E-state index is -0.561. The third-order valence-corrected chi connectivity index (χ3v) is 6.57. The third kappa shape index (κ3) is 4.77. The Morgan fingerprint density at radius 2 is 1.72 bits per heavy atom. The van der Waals surface area contributed by atoms with Gasteiger partial charge in [0.1, 0.15) is 12.2 Å². The van der Waals surface area contributed by atoms with E-state index in [0.717, 1.165) is 34.1 Å². The van der Waals surface area contributed by atoms with Crippen LogP contribution in [-0.2, 0) is 21.5 Å². The maximum Gasteiger partial charge on any atom is 0.414 e. The van der Waals surface area contributed by atoms with E-state index in [2.05, 4.69) is 22.0 Å². The molecular weight excluding hydrogens is 472 g/mol. The number of nitrogens with zero attached hydrogens (tertiary/aromatic N) is 2. The zero-order valence-electron chi connectivity index (χ0n) is 18.8. The van der Waals surface area contributed by atoms with Crippen molar-refractivity contribution in [1.82, 2.24) is 4.90 Å². The average Bonchev–Trinajstić information content (AvgIpc) is 3.05. The molecule has 4 rings (SSSR count). The van der Waals surface area contributed by atoms with Gasteiger partial charge in [-0.05, 0) is 62.9 Å². The number of likely N-dealkylation sites (tertiary alicyclic amines) is 1. The van der Waals surface area contributed by atoms with Crippen LogP contribution in [-0.4, -0.2) is 42.3 Å². The lowest BCUT2D eigenvalue weighted by Crippen LogP contribution is -2.48. The number of carbonyl (C=O) groups is 2. The van der Waals surface area contributed by atoms with Gasteiger partial charge in [-0.3, -0.25) is 4.90 Å². The van der Waals surface area contributed by atoms with Crippen LogP contribution in [0.15, 0.2) is 53.0 Å². The second kappa shape index (κ2) is 8.77. The van der Waals surface area contributed by atoms with Crippen LogP contribution < -0.4 is 4.90 Å². The normalized spacial score (nSPS) is 17.2. The number of hydrogen-bond donors (Lipinski definition) is 0. The molecule has 170 valence electrons. The second-order valence-corrected chi connectivity index (χ2v) is 10.5. The Kier molecular flexibility index (Phi) is 6.21. The molecule has 1 saturated heterocycles. The lowest BCUT2D eigenvalue weighted by molar-refractivity contribution is 0.0561. The van der Waals surface area contributed by atoms with Gasteiger partial charge < -0.3 is 14.4 Å². The van der Waals surface area contributed by atoms with Crippen molar-refractivity contribution in [2.45, 2.75) is 51.2 Å². The average molecular weight is 501 g/mol. The molecule has 0 saturated carbocycles. The first-order valence-corrected chi connectivity index (χ1v) is 11.7. The minimum Gasteiger partial charge on any atom is -0.445 e. The summed E-state index contributed by atoms with van der Waals surface area (Å²) in [6, 6.07) is 15.7. The van der Waals surface area contributed by atoms with Crippen molar-refractivity contribution in [3.8, 4) is 0 Å². The summed E-state index contributed by atoms with van der Waals surface area (Å²) in [6.07, 6.45) is 0.898. The fraction of sp³-hybridized carbons (Fsp3) is 0.440. The van der Waals surface area contributed by atoms with E-state index in [1.54, 1.807) is 9.80 Å². The van der Waals surface area contributed by atoms with Gasteiger partial charge in [0.15, 0.2) is 0 Å². The molecule has 1 fully saturated rings. The Hall–Kier alpha value is -2.54. The largest absolute Gasteiger partial charge is 0.445 e. The minimum absolute atomic E-state index is 0.202. The van der Waals surface area contributed by atoms with E-state index in [4.69, 9.17) is 9.47 Å². The highest BCUT2D eigenvalue weighted by Gasteiger charge is 2.48. The van der Waals surface area contributed by atoms with E-state index in [0.29, 0.717) is 19.6 Å². The number of amides is 2. The number of rotatable bonds is 2. The second-order valence-electron chi connectivity index (χ2n) is 9.54. The van der Waals surface area contributed by atoms with E-state index in [1.807, 2.05) is 63.2 Å². The SMILES string of the molecule is CC(C)(C)OC(=O)N1CC2(CCN(C(=O)OCc3ccccc3)CC2)c2cc(Br)ccc21. The molecule has 0 aliphatic carbocycles. The quantitative estimate of drug-likeness (QED) is 0.516. The molecule has 2 aromatic rings. The highest BCUT2D eigenvalue weighted by atomic mass is 79.9. The maximum atomic E-state index is 12.9. The van der Waals surface area contributed by atoms with Crippen molar-refractivity contribution in [1.29, 1.82) is 0 Å². The van der Waals surface area contributed by atoms with E-state index in [1.165, 1.54) is 0 Å². The number of piperidine rings is 1. The molecule has 0 aromatic heterocycles. The van der Waals surface area contributed by atoms with Crippen molar-refractivity contribution < 1.29 is 19.1 Å². The Morgan fingerprint density at radius 1 is 1.03 bits per heavy atom. The monoisotopic (exact) mass is 500 g/mol. The van der Waals surface area contributed by atoms with Crippen molar-refractivity contribution in [3.63, 3.8) is 0 Å². The summed E-state index contributed by atoms with van der Waals surface area (Å²) in [5.74, 6) is 0. The van der Waals surface area contributed by atoms with Gasteiger partial charge >= 0.3 is 12.2 Å². The van der Waals surface area contributed by atoms with Gasteiger partial charge in [0.05, 0.1) is 5.69 Å². The van der Waals surface area contributed by atoms with E-state index in [9.17, 15) is 9.59 Å². The molecule has 2 aliphatic rings. The van der Waals surface area contributed by atoms with Crippen molar-refractivity contribution in [3.05, 3.63) is 64.1 Å². The third-order valence-electron chi connectivity index (χ3n) is 6.08. The molecule has 0 atom stereocenters. The molecule has 2 aliphatic heterocycles. The lowest BCUT2D eigenvalue weighted by Gasteiger charge is -2.39. The summed E-state index contributed by atoms with van der Waals surface area (Å²) in [6.45, 7) is 7.61. The van der Waals surface area contributed by atoms with Crippen LogP contribution in [0.1, 0.15) is 44.7 Å². The lowest BCUT2D eigenvalue weighted by atomic mass is 9.74. The van der Waals surface area contributed by atoms with Gasteiger partial charge in [-0.25, -0.2) is 9.59 Å². The number of benzene rings is 2. The van der Waals surface area contributed by atoms with Crippen LogP contribution in [0.3, 0.4) is 0 Å². The summed E-state index contributed by atoms with van der Waals surface area (Å²) in [4.78, 5) is 29.1. The van der Waals surface area contributed by atoms with Crippen LogP contribution in [0.25, 0.3) is 0 Å². The standard InChI is InChI=1S/C25H29BrN2O4/c1-24(2,3)32-23(30)28-17-25(20-15-19(26)9-10-21(20)28)11-13-27(14-12-25)22(29)31-16-18-7-5-4-6-8-18/h4-10,15H,11-14,16-17H2,1-3H3. The number of fused-ring (bicyclic) bond motifs is 2. The van der Waals surface area contributed by atoms with Crippen molar-refractivity contribution in [2.75, 3.05) is 24.5 Å². The van der Waals surface area contributed by atoms with Crippen molar-refractivity contribution in [2.24, 2.45) is 0 Å². The van der Waals surface area contributed by atoms with Gasteiger partial charge in [-0.1, -0.05) is 46.3 Å². The summed E-state index contributed by atoms with van der Waals surface area (Å²) in [7, 11) is 0.